The Morgan fingerprint density at radius 1 is 1.29 bits per heavy atom. The fourth-order valence-electron chi connectivity index (χ4n) is 2.75. The molecule has 3 aromatic rings. The topological polar surface area (TPSA) is 68.2 Å². The van der Waals surface area contributed by atoms with Crippen LogP contribution in [0.3, 0.4) is 0 Å². The molecule has 108 valence electrons. The Morgan fingerprint density at radius 3 is 2.90 bits per heavy atom. The molecule has 1 aliphatic heterocycles. The van der Waals surface area contributed by atoms with E-state index < -0.39 is 0 Å². The largest absolute Gasteiger partial charge is 0.461 e. The minimum absolute atomic E-state index is 0.523. The minimum Gasteiger partial charge on any atom is -0.461 e. The lowest BCUT2D eigenvalue weighted by Gasteiger charge is -2.11. The van der Waals surface area contributed by atoms with Crippen LogP contribution in [0.4, 0.5) is 5.82 Å². The van der Waals surface area contributed by atoms with E-state index in [-0.39, 0.29) is 0 Å². The van der Waals surface area contributed by atoms with Crippen molar-refractivity contribution in [2.75, 3.05) is 18.8 Å². The maximum atomic E-state index is 6.08. The normalized spacial score (nSPS) is 16.0. The molecule has 4 heterocycles. The van der Waals surface area contributed by atoms with Gasteiger partial charge < -0.3 is 10.2 Å². The van der Waals surface area contributed by atoms with Crippen LogP contribution in [-0.4, -0.2) is 28.0 Å². The highest BCUT2D eigenvalue weighted by atomic mass is 32.1. The van der Waals surface area contributed by atoms with E-state index in [4.69, 9.17) is 10.2 Å². The van der Waals surface area contributed by atoms with Crippen molar-refractivity contribution in [1.82, 2.24) is 14.9 Å². The monoisotopic (exact) mass is 300 g/mol. The van der Waals surface area contributed by atoms with Crippen molar-refractivity contribution in [2.45, 2.75) is 19.4 Å². The fraction of sp³-hybridized carbons (Fsp3) is 0.333. The van der Waals surface area contributed by atoms with Gasteiger partial charge in [-0.2, -0.15) is 0 Å². The standard InChI is InChI=1S/C15H16N4OS/c16-13-11-8-10(9-19-5-1-2-6-19)21-15(11)18-14(17-13)12-4-3-7-20-12/h3-4,7-8H,1-2,5-6,9H2,(H2,16,17,18). The van der Waals surface area contributed by atoms with Crippen molar-refractivity contribution in [2.24, 2.45) is 0 Å². The molecule has 1 fully saturated rings. The number of fused-ring (bicyclic) bond motifs is 1. The number of anilines is 1. The number of hydrogen-bond donors (Lipinski definition) is 1. The lowest BCUT2D eigenvalue weighted by atomic mass is 10.3. The van der Waals surface area contributed by atoms with Crippen molar-refractivity contribution < 1.29 is 4.42 Å². The second kappa shape index (κ2) is 5.13. The molecule has 0 amide bonds. The zero-order valence-corrected chi connectivity index (χ0v) is 12.4. The number of nitrogens with two attached hydrogens (primary N) is 1. The Bertz CT molecular complexity index is 759. The Labute approximate surface area is 126 Å². The van der Waals surface area contributed by atoms with Gasteiger partial charge in [0, 0.05) is 11.4 Å². The maximum absolute atomic E-state index is 6.08. The van der Waals surface area contributed by atoms with Crippen LogP contribution in [0.2, 0.25) is 0 Å². The van der Waals surface area contributed by atoms with Crippen molar-refractivity contribution in [1.29, 1.82) is 0 Å². The summed E-state index contributed by atoms with van der Waals surface area (Å²) in [6, 6.07) is 5.80. The van der Waals surface area contributed by atoms with Gasteiger partial charge in [0.15, 0.2) is 11.6 Å². The maximum Gasteiger partial charge on any atom is 0.199 e. The number of aromatic nitrogens is 2. The molecule has 2 N–H and O–H groups in total. The Hall–Kier alpha value is -1.92. The first-order chi connectivity index (χ1) is 10.3. The summed E-state index contributed by atoms with van der Waals surface area (Å²) in [4.78, 5) is 13.6. The van der Waals surface area contributed by atoms with E-state index in [1.165, 1.54) is 30.8 Å². The van der Waals surface area contributed by atoms with E-state index in [9.17, 15) is 0 Å². The van der Waals surface area contributed by atoms with Crippen molar-refractivity contribution in [3.05, 3.63) is 29.3 Å². The lowest BCUT2D eigenvalue weighted by molar-refractivity contribution is 0.334. The second-order valence-electron chi connectivity index (χ2n) is 5.32. The molecular formula is C15H16N4OS. The first kappa shape index (κ1) is 12.8. The third kappa shape index (κ3) is 2.41. The van der Waals surface area contributed by atoms with E-state index in [0.717, 1.165) is 16.8 Å². The molecule has 1 saturated heterocycles. The molecule has 0 saturated carbocycles. The third-order valence-corrected chi connectivity index (χ3v) is 4.81. The smallest absolute Gasteiger partial charge is 0.199 e. The molecule has 1 aliphatic rings. The van der Waals surface area contributed by atoms with Crippen LogP contribution in [0.25, 0.3) is 21.8 Å². The summed E-state index contributed by atoms with van der Waals surface area (Å²) < 4.78 is 5.35. The lowest BCUT2D eigenvalue weighted by Crippen LogP contribution is -2.17. The van der Waals surface area contributed by atoms with E-state index in [1.54, 1.807) is 17.6 Å². The van der Waals surface area contributed by atoms with Crippen LogP contribution in [0.5, 0.6) is 0 Å². The molecule has 4 rings (SSSR count). The van der Waals surface area contributed by atoms with Gasteiger partial charge >= 0.3 is 0 Å². The summed E-state index contributed by atoms with van der Waals surface area (Å²) in [7, 11) is 0. The fourth-order valence-corrected chi connectivity index (χ4v) is 3.83. The quantitative estimate of drug-likeness (QED) is 0.805. The Kier molecular flexibility index (Phi) is 3.12. The van der Waals surface area contributed by atoms with Gasteiger partial charge in [0.1, 0.15) is 10.6 Å². The summed E-state index contributed by atoms with van der Waals surface area (Å²) in [5, 5.41) is 0.949. The molecule has 21 heavy (non-hydrogen) atoms. The van der Waals surface area contributed by atoms with Crippen LogP contribution in [0.1, 0.15) is 17.7 Å². The molecular weight excluding hydrogens is 284 g/mol. The highest BCUT2D eigenvalue weighted by Gasteiger charge is 2.16. The summed E-state index contributed by atoms with van der Waals surface area (Å²) in [6.45, 7) is 3.36. The first-order valence-electron chi connectivity index (χ1n) is 7.12. The predicted octanol–water partition coefficient (Wildman–Crippen LogP) is 3.13. The van der Waals surface area contributed by atoms with Crippen molar-refractivity contribution in [3.8, 4) is 11.6 Å². The van der Waals surface area contributed by atoms with E-state index >= 15 is 0 Å². The number of nitrogen functional groups attached to an aromatic ring is 1. The van der Waals surface area contributed by atoms with Crippen molar-refractivity contribution in [3.63, 3.8) is 0 Å². The zero-order valence-electron chi connectivity index (χ0n) is 11.6. The van der Waals surface area contributed by atoms with Gasteiger partial charge in [-0.15, -0.1) is 11.3 Å². The van der Waals surface area contributed by atoms with Crippen LogP contribution < -0.4 is 5.73 Å². The van der Waals surface area contributed by atoms with Crippen LogP contribution in [-0.2, 0) is 6.54 Å². The van der Waals surface area contributed by atoms with Gasteiger partial charge in [-0.1, -0.05) is 0 Å². The number of nitrogens with zero attached hydrogens (tertiary/aromatic N) is 3. The van der Waals surface area contributed by atoms with Crippen molar-refractivity contribution >= 4 is 27.4 Å². The van der Waals surface area contributed by atoms with Crippen LogP contribution in [0, 0.1) is 0 Å². The van der Waals surface area contributed by atoms with Gasteiger partial charge in [-0.3, -0.25) is 4.90 Å². The van der Waals surface area contributed by atoms with Gasteiger partial charge in [0.05, 0.1) is 11.6 Å². The number of furan rings is 1. The summed E-state index contributed by atoms with van der Waals surface area (Å²) in [5.41, 5.74) is 6.08. The molecule has 0 radical (unpaired) electrons. The SMILES string of the molecule is Nc1nc(-c2ccco2)nc2sc(CN3CCCC3)cc12. The Morgan fingerprint density at radius 2 is 2.14 bits per heavy atom. The summed E-state index contributed by atoms with van der Waals surface area (Å²) >= 11 is 1.70. The van der Waals surface area contributed by atoms with E-state index in [0.29, 0.717) is 17.4 Å². The highest BCUT2D eigenvalue weighted by Crippen LogP contribution is 2.31. The average molecular weight is 300 g/mol. The van der Waals surface area contributed by atoms with Gasteiger partial charge in [-0.05, 0) is 44.1 Å². The van der Waals surface area contributed by atoms with E-state index in [1.807, 2.05) is 12.1 Å². The van der Waals surface area contributed by atoms with Gasteiger partial charge in [-0.25, -0.2) is 9.97 Å². The zero-order chi connectivity index (χ0) is 14.2. The molecule has 0 spiro atoms. The molecule has 3 aromatic heterocycles. The summed E-state index contributed by atoms with van der Waals surface area (Å²) in [6.07, 6.45) is 4.22. The average Bonchev–Trinajstić information content (AvgIpc) is 3.19. The predicted molar refractivity (Wildman–Crippen MR) is 84.0 cm³/mol. The molecule has 0 aromatic carbocycles. The molecule has 0 aliphatic carbocycles. The molecule has 0 atom stereocenters. The third-order valence-electron chi connectivity index (χ3n) is 3.79. The number of rotatable bonds is 3. The van der Waals surface area contributed by atoms with Gasteiger partial charge in [0.25, 0.3) is 0 Å². The second-order valence-corrected chi connectivity index (χ2v) is 6.44. The molecule has 0 bridgehead atoms. The Balaban J connectivity index is 1.71. The molecule has 0 unspecified atom stereocenters. The summed E-state index contributed by atoms with van der Waals surface area (Å²) in [5.74, 6) is 1.73. The van der Waals surface area contributed by atoms with Gasteiger partial charge in [0.2, 0.25) is 0 Å². The number of thiophene rings is 1. The van der Waals surface area contributed by atoms with E-state index in [2.05, 4.69) is 20.9 Å². The highest BCUT2D eigenvalue weighted by molar-refractivity contribution is 7.18. The molecule has 6 heteroatoms. The van der Waals surface area contributed by atoms with Crippen LogP contribution >= 0.6 is 11.3 Å². The minimum atomic E-state index is 0.523. The van der Waals surface area contributed by atoms with Crippen LogP contribution in [0.15, 0.2) is 28.9 Å². The first-order valence-corrected chi connectivity index (χ1v) is 7.93. The number of hydrogen-bond acceptors (Lipinski definition) is 6. The molecule has 5 nitrogen and oxygen atoms in total. The number of likely N-dealkylation sites (tertiary alicyclic amines) is 1.